The summed E-state index contributed by atoms with van der Waals surface area (Å²) in [6, 6.07) is 6.26. The molecular weight excluding hydrogens is 266 g/mol. The molecule has 0 aliphatic carbocycles. The third-order valence-corrected chi connectivity index (χ3v) is 4.30. The Morgan fingerprint density at radius 2 is 2.05 bits per heavy atom. The molecule has 0 aliphatic heterocycles. The zero-order chi connectivity index (χ0) is 14.5. The van der Waals surface area contributed by atoms with Crippen LogP contribution in [0.1, 0.15) is 6.92 Å². The predicted octanol–water partition coefficient (Wildman–Crippen LogP) is 1.00. The van der Waals surface area contributed by atoms with Crippen molar-refractivity contribution in [2.75, 3.05) is 23.7 Å². The van der Waals surface area contributed by atoms with Crippen molar-refractivity contribution in [3.63, 3.8) is 0 Å². The summed E-state index contributed by atoms with van der Waals surface area (Å²) in [7, 11) is -3.43. The SMILES string of the molecule is C#CCN(CC(=O)O)c1ccccc1S(=O)(=O)CC. The van der Waals surface area contributed by atoms with Gasteiger partial charge in [0.2, 0.25) is 0 Å². The van der Waals surface area contributed by atoms with Gasteiger partial charge in [0.25, 0.3) is 0 Å². The van der Waals surface area contributed by atoms with Gasteiger partial charge in [0, 0.05) is 0 Å². The smallest absolute Gasteiger partial charge is 0.323 e. The lowest BCUT2D eigenvalue weighted by Crippen LogP contribution is -2.31. The number of nitrogens with zero attached hydrogens (tertiary/aromatic N) is 1. The Hall–Kier alpha value is -2.00. The average Bonchev–Trinajstić information content (AvgIpc) is 2.38. The lowest BCUT2D eigenvalue weighted by atomic mass is 10.3. The molecule has 1 aromatic carbocycles. The number of aliphatic carboxylic acids is 1. The second kappa shape index (κ2) is 6.25. The number of carbonyl (C=O) groups is 1. The summed E-state index contributed by atoms with van der Waals surface area (Å²) in [5.74, 6) is 1.21. The molecule has 0 bridgehead atoms. The van der Waals surface area contributed by atoms with Crippen molar-refractivity contribution in [2.45, 2.75) is 11.8 Å². The molecule has 102 valence electrons. The highest BCUT2D eigenvalue weighted by Crippen LogP contribution is 2.25. The largest absolute Gasteiger partial charge is 0.480 e. The van der Waals surface area contributed by atoms with Crippen molar-refractivity contribution in [1.29, 1.82) is 0 Å². The van der Waals surface area contributed by atoms with Gasteiger partial charge in [-0.15, -0.1) is 6.42 Å². The van der Waals surface area contributed by atoms with Gasteiger partial charge in [-0.05, 0) is 12.1 Å². The van der Waals surface area contributed by atoms with E-state index in [1.807, 2.05) is 0 Å². The summed E-state index contributed by atoms with van der Waals surface area (Å²) in [5.41, 5.74) is 0.324. The van der Waals surface area contributed by atoms with Crippen LogP contribution in [0, 0.1) is 12.3 Å². The van der Waals surface area contributed by atoms with E-state index in [1.54, 1.807) is 18.2 Å². The van der Waals surface area contributed by atoms with Crippen molar-refractivity contribution in [3.05, 3.63) is 24.3 Å². The Bertz CT molecular complexity index is 601. The highest BCUT2D eigenvalue weighted by Gasteiger charge is 2.20. The summed E-state index contributed by atoms with van der Waals surface area (Å²) in [6.45, 7) is 1.22. The van der Waals surface area contributed by atoms with Gasteiger partial charge in [-0.25, -0.2) is 8.42 Å². The lowest BCUT2D eigenvalue weighted by molar-refractivity contribution is -0.135. The minimum absolute atomic E-state index is 0.0303. The molecule has 19 heavy (non-hydrogen) atoms. The summed E-state index contributed by atoms with van der Waals surface area (Å²) >= 11 is 0. The fourth-order valence-corrected chi connectivity index (χ4v) is 2.75. The Morgan fingerprint density at radius 1 is 1.42 bits per heavy atom. The molecule has 0 saturated carbocycles. The quantitative estimate of drug-likeness (QED) is 0.787. The third-order valence-electron chi connectivity index (χ3n) is 2.53. The maximum absolute atomic E-state index is 12.0. The van der Waals surface area contributed by atoms with Gasteiger partial charge in [0.05, 0.1) is 22.9 Å². The zero-order valence-corrected chi connectivity index (χ0v) is 11.4. The first-order chi connectivity index (χ1) is 8.92. The number of para-hydroxylation sites is 1. The van der Waals surface area contributed by atoms with Gasteiger partial charge in [-0.3, -0.25) is 4.79 Å². The minimum Gasteiger partial charge on any atom is -0.480 e. The van der Waals surface area contributed by atoms with E-state index in [4.69, 9.17) is 11.5 Å². The molecule has 0 spiro atoms. The number of hydrogen-bond acceptors (Lipinski definition) is 4. The molecular formula is C13H15NO4S. The van der Waals surface area contributed by atoms with E-state index in [0.29, 0.717) is 5.69 Å². The van der Waals surface area contributed by atoms with Crippen molar-refractivity contribution in [1.82, 2.24) is 0 Å². The number of benzene rings is 1. The predicted molar refractivity (Wildman–Crippen MR) is 72.9 cm³/mol. The maximum Gasteiger partial charge on any atom is 0.323 e. The van der Waals surface area contributed by atoms with Crippen molar-refractivity contribution in [2.24, 2.45) is 0 Å². The van der Waals surface area contributed by atoms with E-state index >= 15 is 0 Å². The third kappa shape index (κ3) is 3.73. The molecule has 0 atom stereocenters. The molecule has 6 heteroatoms. The normalized spacial score (nSPS) is 10.7. The van der Waals surface area contributed by atoms with Gasteiger partial charge in [-0.2, -0.15) is 0 Å². The Labute approximate surface area is 112 Å². The van der Waals surface area contributed by atoms with Crippen molar-refractivity contribution in [3.8, 4) is 12.3 Å². The number of rotatable bonds is 6. The van der Waals surface area contributed by atoms with E-state index in [0.717, 1.165) is 0 Å². The highest BCUT2D eigenvalue weighted by molar-refractivity contribution is 7.91. The highest BCUT2D eigenvalue weighted by atomic mass is 32.2. The molecule has 1 aromatic rings. The molecule has 0 amide bonds. The van der Waals surface area contributed by atoms with E-state index in [1.165, 1.54) is 17.9 Å². The molecule has 0 aromatic heterocycles. The fourth-order valence-electron chi connectivity index (χ4n) is 1.64. The topological polar surface area (TPSA) is 74.7 Å². The molecule has 0 unspecified atom stereocenters. The van der Waals surface area contributed by atoms with Crippen LogP contribution >= 0.6 is 0 Å². The molecule has 0 radical (unpaired) electrons. The van der Waals surface area contributed by atoms with Crippen molar-refractivity contribution < 1.29 is 18.3 Å². The molecule has 0 fully saturated rings. The van der Waals surface area contributed by atoms with Crippen LogP contribution in [0.2, 0.25) is 0 Å². The van der Waals surface area contributed by atoms with Gasteiger partial charge in [-0.1, -0.05) is 25.0 Å². The first-order valence-electron chi connectivity index (χ1n) is 5.64. The first-order valence-corrected chi connectivity index (χ1v) is 7.29. The van der Waals surface area contributed by atoms with Gasteiger partial charge in [0.15, 0.2) is 9.84 Å². The van der Waals surface area contributed by atoms with Gasteiger partial charge >= 0.3 is 5.97 Å². The Balaban J connectivity index is 3.32. The summed E-state index contributed by atoms with van der Waals surface area (Å²) in [6.07, 6.45) is 5.20. The average molecular weight is 281 g/mol. The summed E-state index contributed by atoms with van der Waals surface area (Å²) in [5, 5.41) is 8.86. The number of carboxylic acids is 1. The van der Waals surface area contributed by atoms with E-state index in [9.17, 15) is 13.2 Å². The zero-order valence-electron chi connectivity index (χ0n) is 10.5. The van der Waals surface area contributed by atoms with Crippen LogP contribution in [0.5, 0.6) is 0 Å². The van der Waals surface area contributed by atoms with Crippen LogP contribution < -0.4 is 4.90 Å². The number of hydrogen-bond donors (Lipinski definition) is 1. The second-order valence-corrected chi connectivity index (χ2v) is 6.07. The van der Waals surface area contributed by atoms with Crippen LogP contribution in [0.15, 0.2) is 29.2 Å². The molecule has 5 nitrogen and oxygen atoms in total. The van der Waals surface area contributed by atoms with Gasteiger partial charge < -0.3 is 10.0 Å². The number of terminal acetylenes is 1. The Kier molecular flexibility index (Phi) is 4.95. The molecule has 0 saturated heterocycles. The van der Waals surface area contributed by atoms with Gasteiger partial charge in [0.1, 0.15) is 6.54 Å². The summed E-state index contributed by atoms with van der Waals surface area (Å²) < 4.78 is 24.0. The van der Waals surface area contributed by atoms with Crippen LogP contribution in [0.25, 0.3) is 0 Å². The second-order valence-electron chi connectivity index (χ2n) is 3.83. The lowest BCUT2D eigenvalue weighted by Gasteiger charge is -2.22. The first kappa shape index (κ1) is 15.1. The minimum atomic E-state index is -3.43. The monoisotopic (exact) mass is 281 g/mol. The van der Waals surface area contributed by atoms with Crippen LogP contribution in [-0.2, 0) is 14.6 Å². The number of anilines is 1. The Morgan fingerprint density at radius 3 is 2.58 bits per heavy atom. The molecule has 1 N–H and O–H groups in total. The number of sulfone groups is 1. The van der Waals surface area contributed by atoms with Crippen molar-refractivity contribution >= 4 is 21.5 Å². The van der Waals surface area contributed by atoms with Crippen LogP contribution in [0.4, 0.5) is 5.69 Å². The van der Waals surface area contributed by atoms with Crippen LogP contribution in [0.3, 0.4) is 0 Å². The molecule has 0 aliphatic rings. The maximum atomic E-state index is 12.0. The molecule has 0 heterocycles. The van der Waals surface area contributed by atoms with E-state index < -0.39 is 15.8 Å². The van der Waals surface area contributed by atoms with E-state index in [2.05, 4.69) is 5.92 Å². The fraction of sp³-hybridized carbons (Fsp3) is 0.308. The molecule has 1 rings (SSSR count). The van der Waals surface area contributed by atoms with E-state index in [-0.39, 0.29) is 23.7 Å². The van der Waals surface area contributed by atoms with Crippen LogP contribution in [-0.4, -0.2) is 38.3 Å². The summed E-state index contributed by atoms with van der Waals surface area (Å²) in [4.78, 5) is 12.3. The standard InChI is InChI=1S/C13H15NO4S/c1-3-9-14(10-13(15)16)11-7-5-6-8-12(11)19(17,18)4-2/h1,5-8H,4,9-10H2,2H3,(H,15,16). The number of carboxylic acid groups (broad SMARTS) is 1.